The maximum absolute atomic E-state index is 5.46. The van der Waals surface area contributed by atoms with Crippen LogP contribution in [0.15, 0.2) is 0 Å². The van der Waals surface area contributed by atoms with Crippen LogP contribution in [-0.4, -0.2) is 50.3 Å². The third kappa shape index (κ3) is 3.69. The monoisotopic (exact) mass is 254 g/mol. The lowest BCUT2D eigenvalue weighted by Gasteiger charge is -2.47. The first kappa shape index (κ1) is 14.3. The molecule has 18 heavy (non-hydrogen) atoms. The second-order valence-corrected chi connectivity index (χ2v) is 6.47. The first-order valence-corrected chi connectivity index (χ1v) is 7.69. The molecule has 1 aliphatic heterocycles. The lowest BCUT2D eigenvalue weighted by atomic mass is 9.77. The Balaban J connectivity index is 1.71. The summed E-state index contributed by atoms with van der Waals surface area (Å²) >= 11 is 0. The topological polar surface area (TPSA) is 24.5 Å². The molecule has 2 atom stereocenters. The van der Waals surface area contributed by atoms with Crippen LogP contribution < -0.4 is 5.32 Å². The van der Waals surface area contributed by atoms with Gasteiger partial charge < -0.3 is 10.1 Å². The van der Waals surface area contributed by atoms with E-state index in [-0.39, 0.29) is 0 Å². The zero-order chi connectivity index (χ0) is 13.0. The second kappa shape index (κ2) is 6.88. The van der Waals surface area contributed by atoms with Crippen molar-refractivity contribution in [3.8, 4) is 0 Å². The molecule has 3 heteroatoms. The Morgan fingerprint density at radius 1 is 1.17 bits per heavy atom. The van der Waals surface area contributed by atoms with E-state index in [9.17, 15) is 0 Å². The van der Waals surface area contributed by atoms with E-state index in [0.717, 1.165) is 43.7 Å². The number of nitrogens with one attached hydrogen (secondary N) is 1. The van der Waals surface area contributed by atoms with Gasteiger partial charge in [0, 0.05) is 25.3 Å². The van der Waals surface area contributed by atoms with Gasteiger partial charge in [0.25, 0.3) is 0 Å². The van der Waals surface area contributed by atoms with Gasteiger partial charge in [0.2, 0.25) is 0 Å². The van der Waals surface area contributed by atoms with Crippen molar-refractivity contribution in [3.05, 3.63) is 0 Å². The standard InChI is InChI=1S/C15H30N2O/c1-12(2)10-16-11-13-4-5-15(13)17(3)14-6-8-18-9-7-14/h12-16H,4-11H2,1-3H3. The molecule has 1 N–H and O–H groups in total. The van der Waals surface area contributed by atoms with Crippen molar-refractivity contribution in [3.63, 3.8) is 0 Å². The Bertz CT molecular complexity index is 239. The van der Waals surface area contributed by atoms with Crippen LogP contribution in [0.1, 0.15) is 39.5 Å². The van der Waals surface area contributed by atoms with E-state index in [1.54, 1.807) is 0 Å². The molecule has 0 aromatic heterocycles. The lowest BCUT2D eigenvalue weighted by molar-refractivity contribution is -0.00859. The highest BCUT2D eigenvalue weighted by Crippen LogP contribution is 2.33. The Kier molecular flexibility index (Phi) is 5.46. The van der Waals surface area contributed by atoms with Gasteiger partial charge in [-0.05, 0) is 57.7 Å². The SMILES string of the molecule is CC(C)CNCC1CCC1N(C)C1CCOCC1. The Morgan fingerprint density at radius 2 is 1.89 bits per heavy atom. The fourth-order valence-corrected chi connectivity index (χ4v) is 3.25. The molecule has 0 amide bonds. The number of nitrogens with zero attached hydrogens (tertiary/aromatic N) is 1. The molecule has 2 fully saturated rings. The number of rotatable bonds is 6. The minimum atomic E-state index is 0.761. The minimum absolute atomic E-state index is 0.761. The number of hydrogen-bond donors (Lipinski definition) is 1. The molecule has 0 bridgehead atoms. The van der Waals surface area contributed by atoms with Gasteiger partial charge in [0.15, 0.2) is 0 Å². The van der Waals surface area contributed by atoms with E-state index in [1.807, 2.05) is 0 Å². The summed E-state index contributed by atoms with van der Waals surface area (Å²) < 4.78 is 5.46. The van der Waals surface area contributed by atoms with Crippen LogP contribution in [-0.2, 0) is 4.74 Å². The van der Waals surface area contributed by atoms with Crippen LogP contribution >= 0.6 is 0 Å². The summed E-state index contributed by atoms with van der Waals surface area (Å²) in [5.41, 5.74) is 0. The molecule has 2 aliphatic rings. The third-order valence-corrected chi connectivity index (χ3v) is 4.63. The van der Waals surface area contributed by atoms with Crippen LogP contribution in [0.25, 0.3) is 0 Å². The molecule has 2 rings (SSSR count). The van der Waals surface area contributed by atoms with Crippen molar-refractivity contribution >= 4 is 0 Å². The van der Waals surface area contributed by atoms with Gasteiger partial charge in [0.1, 0.15) is 0 Å². The smallest absolute Gasteiger partial charge is 0.0480 e. The van der Waals surface area contributed by atoms with Crippen LogP contribution in [0.4, 0.5) is 0 Å². The lowest BCUT2D eigenvalue weighted by Crippen LogP contribution is -2.53. The van der Waals surface area contributed by atoms with Crippen LogP contribution in [0.3, 0.4) is 0 Å². The third-order valence-electron chi connectivity index (χ3n) is 4.63. The van der Waals surface area contributed by atoms with E-state index in [4.69, 9.17) is 4.74 Å². The van der Waals surface area contributed by atoms with Gasteiger partial charge >= 0.3 is 0 Å². The predicted molar refractivity (Wildman–Crippen MR) is 75.8 cm³/mol. The van der Waals surface area contributed by atoms with Crippen LogP contribution in [0, 0.1) is 11.8 Å². The summed E-state index contributed by atoms with van der Waals surface area (Å²) in [5.74, 6) is 1.63. The second-order valence-electron chi connectivity index (χ2n) is 6.47. The molecule has 1 saturated heterocycles. The van der Waals surface area contributed by atoms with Gasteiger partial charge in [-0.3, -0.25) is 4.90 Å². The van der Waals surface area contributed by atoms with Gasteiger partial charge in [-0.2, -0.15) is 0 Å². The number of ether oxygens (including phenoxy) is 1. The molecule has 0 spiro atoms. The predicted octanol–water partition coefficient (Wildman–Crippen LogP) is 2.12. The average molecular weight is 254 g/mol. The van der Waals surface area contributed by atoms with E-state index < -0.39 is 0 Å². The van der Waals surface area contributed by atoms with Crippen molar-refractivity contribution < 1.29 is 4.74 Å². The van der Waals surface area contributed by atoms with Crippen molar-refractivity contribution in [1.29, 1.82) is 0 Å². The van der Waals surface area contributed by atoms with Crippen molar-refractivity contribution in [2.45, 2.75) is 51.6 Å². The first-order chi connectivity index (χ1) is 8.68. The zero-order valence-corrected chi connectivity index (χ0v) is 12.3. The highest BCUT2D eigenvalue weighted by atomic mass is 16.5. The van der Waals surface area contributed by atoms with Crippen molar-refractivity contribution in [2.24, 2.45) is 11.8 Å². The van der Waals surface area contributed by atoms with Crippen molar-refractivity contribution in [1.82, 2.24) is 10.2 Å². The van der Waals surface area contributed by atoms with E-state index in [0.29, 0.717) is 0 Å². The fraction of sp³-hybridized carbons (Fsp3) is 1.00. The van der Waals surface area contributed by atoms with Crippen molar-refractivity contribution in [2.75, 3.05) is 33.4 Å². The average Bonchev–Trinajstić information content (AvgIpc) is 2.34. The quantitative estimate of drug-likeness (QED) is 0.786. The van der Waals surface area contributed by atoms with Crippen LogP contribution in [0.2, 0.25) is 0 Å². The van der Waals surface area contributed by atoms with Gasteiger partial charge in [0.05, 0.1) is 0 Å². The van der Waals surface area contributed by atoms with Crippen LogP contribution in [0.5, 0.6) is 0 Å². The molecular weight excluding hydrogens is 224 g/mol. The molecular formula is C15H30N2O. The summed E-state index contributed by atoms with van der Waals surface area (Å²) in [7, 11) is 2.33. The largest absolute Gasteiger partial charge is 0.381 e. The summed E-state index contributed by atoms with van der Waals surface area (Å²) in [6.45, 7) is 8.83. The normalized spacial score (nSPS) is 29.8. The van der Waals surface area contributed by atoms with Gasteiger partial charge in [-0.15, -0.1) is 0 Å². The molecule has 106 valence electrons. The molecule has 3 nitrogen and oxygen atoms in total. The summed E-state index contributed by atoms with van der Waals surface area (Å²) in [6, 6.07) is 1.57. The molecule has 0 radical (unpaired) electrons. The summed E-state index contributed by atoms with van der Waals surface area (Å²) in [4.78, 5) is 2.65. The number of hydrogen-bond acceptors (Lipinski definition) is 3. The first-order valence-electron chi connectivity index (χ1n) is 7.69. The highest BCUT2D eigenvalue weighted by Gasteiger charge is 2.36. The highest BCUT2D eigenvalue weighted by molar-refractivity contribution is 4.91. The minimum Gasteiger partial charge on any atom is -0.381 e. The maximum Gasteiger partial charge on any atom is 0.0480 e. The molecule has 1 aliphatic carbocycles. The molecule has 1 heterocycles. The van der Waals surface area contributed by atoms with E-state index in [1.165, 1.54) is 32.2 Å². The molecule has 2 unspecified atom stereocenters. The Hall–Kier alpha value is -0.120. The molecule has 0 aromatic rings. The van der Waals surface area contributed by atoms with E-state index >= 15 is 0 Å². The Labute approximate surface area is 112 Å². The van der Waals surface area contributed by atoms with Gasteiger partial charge in [-0.1, -0.05) is 13.8 Å². The maximum atomic E-state index is 5.46. The summed E-state index contributed by atoms with van der Waals surface area (Å²) in [5, 5.41) is 3.62. The molecule has 1 saturated carbocycles. The Morgan fingerprint density at radius 3 is 2.44 bits per heavy atom. The van der Waals surface area contributed by atoms with E-state index in [2.05, 4.69) is 31.1 Å². The summed E-state index contributed by atoms with van der Waals surface area (Å²) in [6.07, 6.45) is 5.24. The van der Waals surface area contributed by atoms with Gasteiger partial charge in [-0.25, -0.2) is 0 Å². The molecule has 0 aromatic carbocycles. The zero-order valence-electron chi connectivity index (χ0n) is 12.3. The fourth-order valence-electron chi connectivity index (χ4n) is 3.25.